The summed E-state index contributed by atoms with van der Waals surface area (Å²) in [6.07, 6.45) is 4.37. The van der Waals surface area contributed by atoms with Crippen LogP contribution >= 0.6 is 0 Å². The van der Waals surface area contributed by atoms with Gasteiger partial charge in [-0.1, -0.05) is 0 Å². The topological polar surface area (TPSA) is 109 Å². The van der Waals surface area contributed by atoms with Gasteiger partial charge in [0.15, 0.2) is 0 Å². The first kappa shape index (κ1) is 24.6. The molecule has 0 unspecified atom stereocenters. The maximum absolute atomic E-state index is 15.3. The van der Waals surface area contributed by atoms with Crippen molar-refractivity contribution in [1.82, 2.24) is 24.6 Å². The maximum Gasteiger partial charge on any atom is 0.355 e. The summed E-state index contributed by atoms with van der Waals surface area (Å²) < 4.78 is 43.3. The van der Waals surface area contributed by atoms with Crippen LogP contribution in [0.3, 0.4) is 0 Å². The van der Waals surface area contributed by atoms with Crippen LogP contribution in [0.5, 0.6) is 0 Å². The van der Waals surface area contributed by atoms with E-state index in [9.17, 15) is 9.59 Å². The number of furan rings is 1. The van der Waals surface area contributed by atoms with Crippen LogP contribution in [0.1, 0.15) is 16.1 Å². The minimum atomic E-state index is -0.740. The predicted molar refractivity (Wildman–Crippen MR) is 142 cm³/mol. The molecule has 4 aromatic heterocycles. The molecule has 0 saturated heterocycles. The Bertz CT molecular complexity index is 1930. The fraction of sp³-hybridized carbons (Fsp3) is 0.179. The van der Waals surface area contributed by atoms with Gasteiger partial charge >= 0.3 is 5.97 Å². The molecule has 0 aliphatic carbocycles. The quantitative estimate of drug-likeness (QED) is 0.290. The van der Waals surface area contributed by atoms with E-state index in [1.54, 1.807) is 24.4 Å². The first-order chi connectivity index (χ1) is 18.8. The van der Waals surface area contributed by atoms with Crippen LogP contribution in [-0.4, -0.2) is 57.9 Å². The Balaban J connectivity index is 1.67. The van der Waals surface area contributed by atoms with Gasteiger partial charge in [0.1, 0.15) is 29.5 Å². The molecule has 6 aromatic rings. The number of halogens is 2. The van der Waals surface area contributed by atoms with Crippen LogP contribution < -0.4 is 5.56 Å². The molecule has 198 valence electrons. The standard InChI is InChI=1S/C28H23F2N5O4/c1-34(2)7-9-39-28(37)25-23(18-4-3-6-31-27(18)36)24-22(12-20(30)17-5-8-38-26(17)24)35(25)14-16-10-15-13-32-33-21(15)11-19(16)29/h3-6,8,10-13H,7,9,14H2,1-2H3,(H,31,36)(H,32,33). The lowest BCUT2D eigenvalue weighted by molar-refractivity contribution is 0.0471. The zero-order chi connectivity index (χ0) is 27.3. The average molecular weight is 532 g/mol. The molecule has 0 aliphatic heterocycles. The number of pyridine rings is 1. The van der Waals surface area contributed by atoms with E-state index in [1.165, 1.54) is 35.2 Å². The Morgan fingerprint density at radius 1 is 1.18 bits per heavy atom. The van der Waals surface area contributed by atoms with E-state index in [4.69, 9.17) is 9.15 Å². The average Bonchev–Trinajstić information content (AvgIpc) is 3.62. The summed E-state index contributed by atoms with van der Waals surface area (Å²) in [4.78, 5) is 31.2. The van der Waals surface area contributed by atoms with Gasteiger partial charge in [-0.25, -0.2) is 13.6 Å². The van der Waals surface area contributed by atoms with E-state index in [0.717, 1.165) is 0 Å². The van der Waals surface area contributed by atoms with Crippen LogP contribution in [0.4, 0.5) is 8.78 Å². The van der Waals surface area contributed by atoms with Crippen molar-refractivity contribution in [3.05, 3.63) is 88.3 Å². The van der Waals surface area contributed by atoms with Crippen LogP contribution in [-0.2, 0) is 11.3 Å². The number of benzene rings is 2. The molecule has 4 heterocycles. The van der Waals surface area contributed by atoms with Crippen molar-refractivity contribution in [3.8, 4) is 11.1 Å². The summed E-state index contributed by atoms with van der Waals surface area (Å²) in [5.74, 6) is -1.87. The number of carbonyl (C=O) groups excluding carboxylic acids is 1. The highest BCUT2D eigenvalue weighted by Crippen LogP contribution is 2.40. The van der Waals surface area contributed by atoms with E-state index >= 15 is 8.78 Å². The van der Waals surface area contributed by atoms with Crippen molar-refractivity contribution in [2.75, 3.05) is 27.2 Å². The zero-order valence-electron chi connectivity index (χ0n) is 21.0. The molecule has 0 radical (unpaired) electrons. The number of H-pyrrole nitrogens is 2. The Labute approximate surface area is 219 Å². The molecule has 0 amide bonds. The van der Waals surface area contributed by atoms with Gasteiger partial charge in [-0.2, -0.15) is 5.10 Å². The normalized spacial score (nSPS) is 11.8. The van der Waals surface area contributed by atoms with E-state index in [0.29, 0.717) is 22.8 Å². The van der Waals surface area contributed by atoms with Gasteiger partial charge in [0, 0.05) is 29.3 Å². The van der Waals surface area contributed by atoms with E-state index in [-0.39, 0.29) is 52.0 Å². The number of fused-ring (bicyclic) bond motifs is 4. The van der Waals surface area contributed by atoms with Crippen LogP contribution in [0, 0.1) is 11.6 Å². The summed E-state index contributed by atoms with van der Waals surface area (Å²) in [6, 6.07) is 8.84. The predicted octanol–water partition coefficient (Wildman–Crippen LogP) is 4.66. The summed E-state index contributed by atoms with van der Waals surface area (Å²) in [7, 11) is 3.68. The number of esters is 1. The van der Waals surface area contributed by atoms with Crippen molar-refractivity contribution in [1.29, 1.82) is 0 Å². The van der Waals surface area contributed by atoms with Gasteiger partial charge in [-0.05, 0) is 50.5 Å². The third-order valence-corrected chi connectivity index (χ3v) is 6.70. The van der Waals surface area contributed by atoms with Crippen molar-refractivity contribution >= 4 is 38.7 Å². The van der Waals surface area contributed by atoms with Gasteiger partial charge in [-0.3, -0.25) is 9.89 Å². The lowest BCUT2D eigenvalue weighted by Gasteiger charge is -2.14. The zero-order valence-corrected chi connectivity index (χ0v) is 21.0. The summed E-state index contributed by atoms with van der Waals surface area (Å²) in [6.45, 7) is 0.367. The number of nitrogens with zero attached hydrogens (tertiary/aromatic N) is 3. The highest BCUT2D eigenvalue weighted by molar-refractivity contribution is 6.17. The van der Waals surface area contributed by atoms with E-state index in [1.807, 2.05) is 19.0 Å². The number of carbonyl (C=O) groups is 1. The minimum Gasteiger partial charge on any atom is -0.463 e. The number of hydrogen-bond acceptors (Lipinski definition) is 6. The summed E-state index contributed by atoms with van der Waals surface area (Å²) in [5.41, 5.74) is 1.05. The smallest absolute Gasteiger partial charge is 0.355 e. The lowest BCUT2D eigenvalue weighted by Crippen LogP contribution is -2.22. The number of rotatable bonds is 7. The highest BCUT2D eigenvalue weighted by atomic mass is 19.1. The Morgan fingerprint density at radius 2 is 2.03 bits per heavy atom. The molecular formula is C28H23F2N5O4. The largest absolute Gasteiger partial charge is 0.463 e. The first-order valence-corrected chi connectivity index (χ1v) is 12.2. The number of aromatic nitrogens is 4. The molecule has 39 heavy (non-hydrogen) atoms. The van der Waals surface area contributed by atoms with Gasteiger partial charge in [0.05, 0.1) is 46.4 Å². The third-order valence-electron chi connectivity index (χ3n) is 6.70. The van der Waals surface area contributed by atoms with Crippen molar-refractivity contribution in [2.24, 2.45) is 0 Å². The second-order valence-corrected chi connectivity index (χ2v) is 9.48. The first-order valence-electron chi connectivity index (χ1n) is 12.2. The SMILES string of the molecule is CN(C)CCOC(=O)c1c(-c2ccc[nH]c2=O)c2c3occc3c(F)cc2n1Cc1cc2cn[nH]c2cc1F. The molecule has 0 aliphatic rings. The molecule has 9 nitrogen and oxygen atoms in total. The molecular weight excluding hydrogens is 508 g/mol. The summed E-state index contributed by atoms with van der Waals surface area (Å²) >= 11 is 0. The van der Waals surface area contributed by atoms with Gasteiger partial charge < -0.3 is 23.6 Å². The monoisotopic (exact) mass is 531 g/mol. The van der Waals surface area contributed by atoms with E-state index < -0.39 is 23.2 Å². The Morgan fingerprint density at radius 3 is 2.82 bits per heavy atom. The Hall–Kier alpha value is -4.77. The molecule has 11 heteroatoms. The lowest BCUT2D eigenvalue weighted by atomic mass is 10.0. The summed E-state index contributed by atoms with van der Waals surface area (Å²) in [5, 5.41) is 7.87. The molecule has 6 rings (SSSR count). The molecule has 2 N–H and O–H groups in total. The molecule has 0 atom stereocenters. The van der Waals surface area contributed by atoms with Crippen LogP contribution in [0.25, 0.3) is 43.9 Å². The molecule has 0 spiro atoms. The fourth-order valence-electron chi connectivity index (χ4n) is 4.86. The number of aromatic amines is 2. The number of likely N-dealkylation sites (N-methyl/N-ethyl adjacent to an activating group) is 1. The maximum atomic E-state index is 15.3. The van der Waals surface area contributed by atoms with Crippen molar-refractivity contribution in [2.45, 2.75) is 6.54 Å². The van der Waals surface area contributed by atoms with Gasteiger partial charge in [0.25, 0.3) is 5.56 Å². The van der Waals surface area contributed by atoms with E-state index in [2.05, 4.69) is 15.2 Å². The number of nitrogens with one attached hydrogen (secondary N) is 2. The van der Waals surface area contributed by atoms with Gasteiger partial charge in [-0.15, -0.1) is 0 Å². The Kier molecular flexibility index (Phi) is 5.99. The van der Waals surface area contributed by atoms with Crippen molar-refractivity contribution < 1.29 is 22.7 Å². The highest BCUT2D eigenvalue weighted by Gasteiger charge is 2.30. The number of ether oxygens (including phenoxy) is 1. The third kappa shape index (κ3) is 4.16. The fourth-order valence-corrected chi connectivity index (χ4v) is 4.86. The van der Waals surface area contributed by atoms with Crippen LogP contribution in [0.2, 0.25) is 0 Å². The number of hydrogen-bond donors (Lipinski definition) is 2. The molecule has 2 aromatic carbocycles. The van der Waals surface area contributed by atoms with Gasteiger partial charge in [0.2, 0.25) is 0 Å². The molecule has 0 fully saturated rings. The molecule has 0 bridgehead atoms. The van der Waals surface area contributed by atoms with Crippen LogP contribution in [0.15, 0.2) is 64.3 Å². The second kappa shape index (κ2) is 9.52. The molecule has 0 saturated carbocycles. The second-order valence-electron chi connectivity index (χ2n) is 9.48. The van der Waals surface area contributed by atoms with Crippen molar-refractivity contribution in [3.63, 3.8) is 0 Å². The minimum absolute atomic E-state index is 0.0181.